The van der Waals surface area contributed by atoms with Crippen molar-refractivity contribution in [1.82, 2.24) is 4.90 Å². The molecule has 0 N–H and O–H groups in total. The van der Waals surface area contributed by atoms with Crippen LogP contribution in [0.25, 0.3) is 0 Å². The Labute approximate surface area is 90.9 Å². The van der Waals surface area contributed by atoms with Crippen molar-refractivity contribution < 1.29 is 4.79 Å². The van der Waals surface area contributed by atoms with Crippen molar-refractivity contribution in [2.24, 2.45) is 0 Å². The smallest absolute Gasteiger partial charge is 0.240 e. The van der Waals surface area contributed by atoms with Crippen molar-refractivity contribution in [1.29, 1.82) is 0 Å². The van der Waals surface area contributed by atoms with E-state index in [0.717, 1.165) is 12.8 Å². The molecule has 1 aliphatic carbocycles. The van der Waals surface area contributed by atoms with Crippen molar-refractivity contribution in [2.75, 3.05) is 6.54 Å². The van der Waals surface area contributed by atoms with Gasteiger partial charge in [0.1, 0.15) is 5.38 Å². The van der Waals surface area contributed by atoms with Crippen LogP contribution in [-0.2, 0) is 4.79 Å². The molecule has 3 heteroatoms. The molecule has 0 aliphatic heterocycles. The lowest BCUT2D eigenvalue weighted by molar-refractivity contribution is -0.132. The fourth-order valence-electron chi connectivity index (χ4n) is 2.00. The summed E-state index contributed by atoms with van der Waals surface area (Å²) >= 11 is 5.81. The summed E-state index contributed by atoms with van der Waals surface area (Å²) < 4.78 is 0. The average molecular weight is 216 g/mol. The van der Waals surface area contributed by atoms with Gasteiger partial charge in [-0.25, -0.2) is 0 Å². The number of nitrogens with zero attached hydrogens (tertiary/aromatic N) is 1. The standard InChI is InChI=1S/C11H18ClNO/c1-3-8-13(11(14)9(2)12)10-6-4-5-7-10/h3,9-10H,1,4-8H2,2H3. The minimum atomic E-state index is -0.421. The summed E-state index contributed by atoms with van der Waals surface area (Å²) in [6.45, 7) is 6.03. The molecule has 1 saturated carbocycles. The first-order valence-electron chi connectivity index (χ1n) is 5.22. The Morgan fingerprint density at radius 3 is 2.64 bits per heavy atom. The maximum Gasteiger partial charge on any atom is 0.240 e. The van der Waals surface area contributed by atoms with E-state index in [-0.39, 0.29) is 5.91 Å². The Morgan fingerprint density at radius 2 is 2.21 bits per heavy atom. The number of rotatable bonds is 4. The molecule has 1 unspecified atom stereocenters. The summed E-state index contributed by atoms with van der Waals surface area (Å²) in [6.07, 6.45) is 6.45. The zero-order valence-electron chi connectivity index (χ0n) is 8.71. The van der Waals surface area contributed by atoms with Gasteiger partial charge in [-0.3, -0.25) is 4.79 Å². The first-order chi connectivity index (χ1) is 6.66. The highest BCUT2D eigenvalue weighted by atomic mass is 35.5. The molecule has 0 heterocycles. The highest BCUT2D eigenvalue weighted by Crippen LogP contribution is 2.24. The van der Waals surface area contributed by atoms with Crippen LogP contribution in [0.3, 0.4) is 0 Å². The predicted molar refractivity (Wildman–Crippen MR) is 59.5 cm³/mol. The maximum atomic E-state index is 11.8. The summed E-state index contributed by atoms with van der Waals surface area (Å²) in [5.74, 6) is 0.0402. The Kier molecular flexibility index (Phi) is 4.46. The second kappa shape index (κ2) is 5.40. The molecule has 1 atom stereocenters. The molecule has 1 amide bonds. The van der Waals surface area contributed by atoms with Gasteiger partial charge in [-0.2, -0.15) is 0 Å². The van der Waals surface area contributed by atoms with Crippen LogP contribution < -0.4 is 0 Å². The second-order valence-electron chi connectivity index (χ2n) is 3.83. The number of alkyl halides is 1. The van der Waals surface area contributed by atoms with E-state index in [1.165, 1.54) is 12.8 Å². The van der Waals surface area contributed by atoms with Gasteiger partial charge in [0.25, 0.3) is 0 Å². The quantitative estimate of drug-likeness (QED) is 0.522. The fourth-order valence-corrected chi connectivity index (χ4v) is 2.13. The van der Waals surface area contributed by atoms with Crippen LogP contribution in [0.2, 0.25) is 0 Å². The second-order valence-corrected chi connectivity index (χ2v) is 4.49. The number of halogens is 1. The van der Waals surface area contributed by atoms with E-state index < -0.39 is 5.38 Å². The van der Waals surface area contributed by atoms with E-state index in [1.807, 2.05) is 4.90 Å². The Hall–Kier alpha value is -0.500. The molecule has 2 nitrogen and oxygen atoms in total. The van der Waals surface area contributed by atoms with Gasteiger partial charge in [0, 0.05) is 12.6 Å². The third kappa shape index (κ3) is 2.74. The molecule has 0 spiro atoms. The summed E-state index contributed by atoms with van der Waals surface area (Å²) in [7, 11) is 0. The minimum Gasteiger partial charge on any atom is -0.335 e. The van der Waals surface area contributed by atoms with E-state index in [4.69, 9.17) is 11.6 Å². The van der Waals surface area contributed by atoms with Gasteiger partial charge < -0.3 is 4.90 Å². The SMILES string of the molecule is C=CCN(C(=O)C(C)Cl)C1CCCC1. The summed E-state index contributed by atoms with van der Waals surface area (Å²) in [4.78, 5) is 13.6. The van der Waals surface area contributed by atoms with Gasteiger partial charge >= 0.3 is 0 Å². The van der Waals surface area contributed by atoms with Crippen LogP contribution in [0.1, 0.15) is 32.6 Å². The average Bonchev–Trinajstić information content (AvgIpc) is 2.65. The number of amides is 1. The van der Waals surface area contributed by atoms with Crippen LogP contribution in [0, 0.1) is 0 Å². The molecule has 1 fully saturated rings. The van der Waals surface area contributed by atoms with Gasteiger partial charge in [-0.15, -0.1) is 18.2 Å². The molecule has 1 rings (SSSR count). The number of hydrogen-bond donors (Lipinski definition) is 0. The lowest BCUT2D eigenvalue weighted by Crippen LogP contribution is -2.42. The molecule has 0 saturated heterocycles. The van der Waals surface area contributed by atoms with Crippen molar-refractivity contribution >= 4 is 17.5 Å². The first kappa shape index (κ1) is 11.6. The van der Waals surface area contributed by atoms with Gasteiger partial charge in [0.2, 0.25) is 5.91 Å². The normalized spacial score (nSPS) is 19.3. The van der Waals surface area contributed by atoms with Crippen molar-refractivity contribution in [3.63, 3.8) is 0 Å². The summed E-state index contributed by atoms with van der Waals surface area (Å²) in [6, 6.07) is 0.390. The van der Waals surface area contributed by atoms with E-state index >= 15 is 0 Å². The number of carbonyl (C=O) groups is 1. The van der Waals surface area contributed by atoms with Crippen LogP contribution in [0.4, 0.5) is 0 Å². The first-order valence-corrected chi connectivity index (χ1v) is 5.66. The molecule has 1 aliphatic rings. The predicted octanol–water partition coefficient (Wildman–Crippen LogP) is 2.57. The number of carbonyl (C=O) groups excluding carboxylic acids is 1. The number of hydrogen-bond acceptors (Lipinski definition) is 1. The zero-order chi connectivity index (χ0) is 10.6. The molecule has 14 heavy (non-hydrogen) atoms. The minimum absolute atomic E-state index is 0.0402. The monoisotopic (exact) mass is 215 g/mol. The molecule has 0 bridgehead atoms. The largest absolute Gasteiger partial charge is 0.335 e. The van der Waals surface area contributed by atoms with E-state index in [2.05, 4.69) is 6.58 Å². The molecule has 0 radical (unpaired) electrons. The van der Waals surface area contributed by atoms with E-state index in [1.54, 1.807) is 13.0 Å². The third-order valence-corrected chi connectivity index (χ3v) is 2.90. The molecular formula is C11H18ClNO. The molecular weight excluding hydrogens is 198 g/mol. The molecule has 0 aromatic carbocycles. The molecule has 0 aromatic rings. The molecule has 80 valence electrons. The van der Waals surface area contributed by atoms with Crippen LogP contribution in [0.15, 0.2) is 12.7 Å². The van der Waals surface area contributed by atoms with E-state index in [9.17, 15) is 4.79 Å². The Bertz CT molecular complexity index is 209. The lowest BCUT2D eigenvalue weighted by atomic mass is 10.2. The molecule has 0 aromatic heterocycles. The Balaban J connectivity index is 2.61. The highest BCUT2D eigenvalue weighted by Gasteiger charge is 2.27. The third-order valence-electron chi connectivity index (χ3n) is 2.71. The van der Waals surface area contributed by atoms with Crippen molar-refractivity contribution in [3.05, 3.63) is 12.7 Å². The fraction of sp³-hybridized carbons (Fsp3) is 0.727. The zero-order valence-corrected chi connectivity index (χ0v) is 9.46. The summed E-state index contributed by atoms with van der Waals surface area (Å²) in [5, 5.41) is -0.421. The van der Waals surface area contributed by atoms with Crippen molar-refractivity contribution in [3.8, 4) is 0 Å². The lowest BCUT2D eigenvalue weighted by Gasteiger charge is -2.28. The maximum absolute atomic E-state index is 11.8. The van der Waals surface area contributed by atoms with Crippen LogP contribution in [-0.4, -0.2) is 28.8 Å². The topological polar surface area (TPSA) is 20.3 Å². The van der Waals surface area contributed by atoms with Crippen molar-refractivity contribution in [2.45, 2.75) is 44.0 Å². The van der Waals surface area contributed by atoms with Crippen LogP contribution >= 0.6 is 11.6 Å². The van der Waals surface area contributed by atoms with Gasteiger partial charge in [-0.05, 0) is 19.8 Å². The van der Waals surface area contributed by atoms with Gasteiger partial charge in [0.15, 0.2) is 0 Å². The van der Waals surface area contributed by atoms with Gasteiger partial charge in [0.05, 0.1) is 0 Å². The highest BCUT2D eigenvalue weighted by molar-refractivity contribution is 6.30. The van der Waals surface area contributed by atoms with E-state index in [0.29, 0.717) is 12.6 Å². The van der Waals surface area contributed by atoms with Crippen LogP contribution in [0.5, 0.6) is 0 Å². The summed E-state index contributed by atoms with van der Waals surface area (Å²) in [5.41, 5.74) is 0. The van der Waals surface area contributed by atoms with Gasteiger partial charge in [-0.1, -0.05) is 18.9 Å². The Morgan fingerprint density at radius 1 is 1.64 bits per heavy atom.